The maximum absolute atomic E-state index is 6.02. The molecule has 3 heteroatoms. The smallest absolute Gasteiger partial charge is 0.140 e. The van der Waals surface area contributed by atoms with Crippen LogP contribution < -0.4 is 0 Å². The molecule has 0 amide bonds. The first kappa shape index (κ1) is 16.3. The molecule has 0 aliphatic carbocycles. The molecule has 0 radical (unpaired) electrons. The molecule has 2 unspecified atom stereocenters. The van der Waals surface area contributed by atoms with Gasteiger partial charge >= 0.3 is 0 Å². The van der Waals surface area contributed by atoms with E-state index in [1.165, 1.54) is 0 Å². The van der Waals surface area contributed by atoms with Gasteiger partial charge in [0.1, 0.15) is 11.2 Å². The summed E-state index contributed by atoms with van der Waals surface area (Å²) in [5.41, 5.74) is 3.91. The van der Waals surface area contributed by atoms with Crippen LogP contribution in [0.5, 0.6) is 0 Å². The molecule has 2 fully saturated rings. The van der Waals surface area contributed by atoms with Gasteiger partial charge in [0, 0.05) is 0 Å². The van der Waals surface area contributed by atoms with Gasteiger partial charge in [-0.15, -0.1) is 0 Å². The minimum absolute atomic E-state index is 0.303. The van der Waals surface area contributed by atoms with Gasteiger partial charge in [-0.25, -0.2) is 0 Å². The summed E-state index contributed by atoms with van der Waals surface area (Å²) >= 11 is 0. The molecule has 2 saturated heterocycles. The standard InChI is InChI=1S/C22H22O3/c1-3-17-5-9-19(10-6-17)21(15-24-21)13-23-14-22(16-25-22)20-11-7-18(4-2)8-12-20/h3-12H,1-2,13-16H2. The number of hydrogen-bond acceptors (Lipinski definition) is 3. The lowest BCUT2D eigenvalue weighted by atomic mass is 9.98. The number of benzene rings is 2. The lowest BCUT2D eigenvalue weighted by molar-refractivity contribution is 0.0403. The van der Waals surface area contributed by atoms with Crippen molar-refractivity contribution in [2.24, 2.45) is 0 Å². The Morgan fingerprint density at radius 3 is 1.40 bits per heavy atom. The second-order valence-electron chi connectivity index (χ2n) is 6.71. The van der Waals surface area contributed by atoms with Crippen LogP contribution in [-0.2, 0) is 25.4 Å². The number of epoxide rings is 2. The predicted octanol–water partition coefficient (Wildman–Crippen LogP) is 4.14. The molecule has 25 heavy (non-hydrogen) atoms. The third kappa shape index (κ3) is 3.19. The summed E-state index contributed by atoms with van der Waals surface area (Å²) in [6.07, 6.45) is 3.68. The van der Waals surface area contributed by atoms with Crippen LogP contribution >= 0.6 is 0 Å². The molecule has 4 rings (SSSR count). The molecule has 0 N–H and O–H groups in total. The summed E-state index contributed by atoms with van der Waals surface area (Å²) < 4.78 is 17.5. The molecule has 0 aromatic heterocycles. The zero-order valence-electron chi connectivity index (χ0n) is 14.2. The van der Waals surface area contributed by atoms with Crippen LogP contribution in [0.3, 0.4) is 0 Å². The molecule has 2 aliphatic rings. The van der Waals surface area contributed by atoms with Gasteiger partial charge in [0.15, 0.2) is 0 Å². The predicted molar refractivity (Wildman–Crippen MR) is 99.1 cm³/mol. The molecule has 2 heterocycles. The van der Waals surface area contributed by atoms with Crippen molar-refractivity contribution in [3.05, 3.63) is 83.9 Å². The maximum Gasteiger partial charge on any atom is 0.140 e. The van der Waals surface area contributed by atoms with Crippen LogP contribution in [0.4, 0.5) is 0 Å². The van der Waals surface area contributed by atoms with E-state index in [-0.39, 0.29) is 11.2 Å². The Morgan fingerprint density at radius 2 is 1.12 bits per heavy atom. The number of rotatable bonds is 8. The zero-order valence-corrected chi connectivity index (χ0v) is 14.2. The normalized spacial score (nSPS) is 26.9. The van der Waals surface area contributed by atoms with Gasteiger partial charge in [0.2, 0.25) is 0 Å². The molecular formula is C22H22O3. The van der Waals surface area contributed by atoms with Crippen LogP contribution in [0.2, 0.25) is 0 Å². The van der Waals surface area contributed by atoms with Gasteiger partial charge in [-0.05, 0) is 22.3 Å². The molecule has 2 aromatic carbocycles. The minimum atomic E-state index is -0.303. The lowest BCUT2D eigenvalue weighted by Gasteiger charge is -2.17. The molecule has 0 spiro atoms. The van der Waals surface area contributed by atoms with Gasteiger partial charge < -0.3 is 14.2 Å². The second kappa shape index (κ2) is 6.26. The summed E-state index contributed by atoms with van der Waals surface area (Å²) in [5.74, 6) is 0. The molecule has 128 valence electrons. The highest BCUT2D eigenvalue weighted by atomic mass is 16.6. The van der Waals surface area contributed by atoms with E-state index in [9.17, 15) is 0 Å². The van der Waals surface area contributed by atoms with Crippen molar-refractivity contribution in [2.45, 2.75) is 11.2 Å². The van der Waals surface area contributed by atoms with E-state index in [4.69, 9.17) is 14.2 Å². The molecule has 0 saturated carbocycles. The zero-order chi connectivity index (χ0) is 17.3. The summed E-state index contributed by atoms with van der Waals surface area (Å²) in [5, 5.41) is 0. The Morgan fingerprint density at radius 1 is 0.760 bits per heavy atom. The fourth-order valence-corrected chi connectivity index (χ4v) is 3.07. The lowest BCUT2D eigenvalue weighted by Crippen LogP contribution is -2.23. The van der Waals surface area contributed by atoms with Crippen molar-refractivity contribution in [3.63, 3.8) is 0 Å². The molecule has 2 aliphatic heterocycles. The number of hydrogen-bond donors (Lipinski definition) is 0. The van der Waals surface area contributed by atoms with Crippen LogP contribution in [-0.4, -0.2) is 26.4 Å². The van der Waals surface area contributed by atoms with Crippen LogP contribution in [0.15, 0.2) is 61.7 Å². The van der Waals surface area contributed by atoms with Gasteiger partial charge in [0.25, 0.3) is 0 Å². The van der Waals surface area contributed by atoms with E-state index in [1.54, 1.807) is 0 Å². The first-order chi connectivity index (χ1) is 12.2. The topological polar surface area (TPSA) is 34.3 Å². The van der Waals surface area contributed by atoms with E-state index in [1.807, 2.05) is 12.2 Å². The SMILES string of the molecule is C=Cc1ccc(C2(COCC3(c4ccc(C=C)cc4)CO3)CO2)cc1. The molecule has 2 aromatic rings. The largest absolute Gasteiger partial charge is 0.375 e. The van der Waals surface area contributed by atoms with Crippen molar-refractivity contribution in [2.75, 3.05) is 26.4 Å². The van der Waals surface area contributed by atoms with Crippen molar-refractivity contribution < 1.29 is 14.2 Å². The van der Waals surface area contributed by atoms with E-state index in [0.29, 0.717) is 26.4 Å². The Labute approximate surface area is 148 Å². The number of ether oxygens (including phenoxy) is 3. The highest BCUT2D eigenvalue weighted by Crippen LogP contribution is 2.42. The van der Waals surface area contributed by atoms with Crippen molar-refractivity contribution in [3.8, 4) is 0 Å². The van der Waals surface area contributed by atoms with Crippen molar-refractivity contribution in [1.82, 2.24) is 0 Å². The molecule has 2 atom stereocenters. The first-order valence-electron chi connectivity index (χ1n) is 8.51. The average molecular weight is 334 g/mol. The van der Waals surface area contributed by atoms with E-state index in [0.717, 1.165) is 22.3 Å². The Kier molecular flexibility index (Phi) is 4.08. The van der Waals surface area contributed by atoms with Crippen LogP contribution in [0.25, 0.3) is 12.2 Å². The van der Waals surface area contributed by atoms with Gasteiger partial charge in [-0.3, -0.25) is 0 Å². The van der Waals surface area contributed by atoms with Crippen LogP contribution in [0, 0.1) is 0 Å². The molecule has 0 bridgehead atoms. The minimum Gasteiger partial charge on any atom is -0.375 e. The van der Waals surface area contributed by atoms with E-state index >= 15 is 0 Å². The fraction of sp³-hybridized carbons (Fsp3) is 0.273. The highest BCUT2D eigenvalue weighted by Gasteiger charge is 2.50. The van der Waals surface area contributed by atoms with Gasteiger partial charge in [0.05, 0.1) is 26.4 Å². The fourth-order valence-electron chi connectivity index (χ4n) is 3.07. The monoisotopic (exact) mass is 334 g/mol. The average Bonchev–Trinajstić information content (AvgIpc) is 3.59. The van der Waals surface area contributed by atoms with Crippen molar-refractivity contribution in [1.29, 1.82) is 0 Å². The third-order valence-corrected chi connectivity index (χ3v) is 5.00. The van der Waals surface area contributed by atoms with E-state index in [2.05, 4.69) is 61.7 Å². The quantitative estimate of drug-likeness (QED) is 0.681. The first-order valence-corrected chi connectivity index (χ1v) is 8.51. The molecule has 3 nitrogen and oxygen atoms in total. The van der Waals surface area contributed by atoms with Gasteiger partial charge in [-0.2, -0.15) is 0 Å². The van der Waals surface area contributed by atoms with Crippen LogP contribution in [0.1, 0.15) is 22.3 Å². The Bertz CT molecular complexity index is 698. The second-order valence-corrected chi connectivity index (χ2v) is 6.71. The summed E-state index contributed by atoms with van der Waals surface area (Å²) in [7, 11) is 0. The maximum atomic E-state index is 6.02. The van der Waals surface area contributed by atoms with E-state index < -0.39 is 0 Å². The van der Waals surface area contributed by atoms with Gasteiger partial charge in [-0.1, -0.05) is 73.8 Å². The summed E-state index contributed by atoms with van der Waals surface area (Å²) in [6.45, 7) is 10.0. The highest BCUT2D eigenvalue weighted by molar-refractivity contribution is 5.49. The summed E-state index contributed by atoms with van der Waals surface area (Å²) in [4.78, 5) is 0. The van der Waals surface area contributed by atoms with Crippen molar-refractivity contribution >= 4 is 12.2 Å². The summed E-state index contributed by atoms with van der Waals surface area (Å²) in [6, 6.07) is 16.6. The third-order valence-electron chi connectivity index (χ3n) is 5.00. The Balaban J connectivity index is 1.38. The molecular weight excluding hydrogens is 312 g/mol. The Hall–Kier alpha value is -2.20.